The van der Waals surface area contributed by atoms with E-state index in [1.807, 2.05) is 0 Å². The number of ether oxygens (including phenoxy) is 2. The zero-order chi connectivity index (χ0) is 16.2. The summed E-state index contributed by atoms with van der Waals surface area (Å²) >= 11 is 0. The lowest BCUT2D eigenvalue weighted by Gasteiger charge is -2.16. The van der Waals surface area contributed by atoms with Gasteiger partial charge in [0.15, 0.2) is 5.75 Å². The second-order valence-electron chi connectivity index (χ2n) is 7.23. The highest BCUT2D eigenvalue weighted by Crippen LogP contribution is 2.49. The largest absolute Gasteiger partial charge is 0.414 e. The molecule has 1 aromatic rings. The van der Waals surface area contributed by atoms with Crippen LogP contribution in [0.4, 0.5) is 4.79 Å². The fourth-order valence-corrected chi connectivity index (χ4v) is 2.72. The summed E-state index contributed by atoms with van der Waals surface area (Å²) in [5, 5.41) is 2.59. The number of nitrogens with zero attached hydrogens (tertiary/aromatic N) is 2. The molecule has 1 heterocycles. The van der Waals surface area contributed by atoms with Crippen LogP contribution >= 0.6 is 0 Å². The van der Waals surface area contributed by atoms with Crippen molar-refractivity contribution in [3.63, 3.8) is 0 Å². The minimum absolute atomic E-state index is 0.0202. The topological polar surface area (TPSA) is 73.3 Å². The van der Waals surface area contributed by atoms with Crippen LogP contribution in [0.15, 0.2) is 12.5 Å². The Morgan fingerprint density at radius 2 is 2.14 bits per heavy atom. The van der Waals surface area contributed by atoms with Crippen molar-refractivity contribution in [1.82, 2.24) is 15.3 Å². The number of hydrogen-bond donors (Lipinski definition) is 1. The van der Waals surface area contributed by atoms with Crippen molar-refractivity contribution in [2.75, 3.05) is 13.3 Å². The van der Waals surface area contributed by atoms with Crippen LogP contribution in [0, 0.1) is 0 Å². The summed E-state index contributed by atoms with van der Waals surface area (Å²) in [6.07, 6.45) is 4.61. The first-order valence-electron chi connectivity index (χ1n) is 7.64. The fourth-order valence-electron chi connectivity index (χ4n) is 1.97. The molecule has 7 heteroatoms. The lowest BCUT2D eigenvalue weighted by atomic mass is 10.1. The molecule has 6 nitrogen and oxygen atoms in total. The number of aromatic nitrogens is 2. The van der Waals surface area contributed by atoms with Gasteiger partial charge in [0.25, 0.3) is 0 Å². The summed E-state index contributed by atoms with van der Waals surface area (Å²) in [6, 6.07) is 1.07. The molecule has 1 saturated carbocycles. The summed E-state index contributed by atoms with van der Waals surface area (Å²) in [5.41, 5.74) is 0.823. The molecule has 0 unspecified atom stereocenters. The average Bonchev–Trinajstić information content (AvgIpc) is 3.16. The van der Waals surface area contributed by atoms with E-state index in [0.717, 1.165) is 24.6 Å². The Kier molecular flexibility index (Phi) is 5.18. The van der Waals surface area contributed by atoms with Gasteiger partial charge in [0.2, 0.25) is 0 Å². The first-order valence-corrected chi connectivity index (χ1v) is 11.3. The molecule has 122 valence electrons. The highest BCUT2D eigenvalue weighted by Gasteiger charge is 2.43. The van der Waals surface area contributed by atoms with Gasteiger partial charge in [-0.3, -0.25) is 5.32 Å². The number of carbonyl (C=O) groups is 1. The number of nitrogens with one attached hydrogen (secondary N) is 1. The second kappa shape index (κ2) is 6.74. The van der Waals surface area contributed by atoms with Gasteiger partial charge in [-0.15, -0.1) is 0 Å². The molecule has 1 fully saturated rings. The third-order valence-corrected chi connectivity index (χ3v) is 5.47. The Labute approximate surface area is 132 Å². The Morgan fingerprint density at radius 1 is 1.41 bits per heavy atom. The van der Waals surface area contributed by atoms with Gasteiger partial charge in [0, 0.05) is 20.1 Å². The van der Waals surface area contributed by atoms with E-state index in [2.05, 4.69) is 41.8 Å². The van der Waals surface area contributed by atoms with E-state index in [1.54, 1.807) is 0 Å². The van der Waals surface area contributed by atoms with Crippen molar-refractivity contribution in [3.8, 4) is 5.75 Å². The molecule has 0 spiro atoms. The molecule has 0 radical (unpaired) electrons. The number of rotatable bonds is 7. The van der Waals surface area contributed by atoms with Crippen molar-refractivity contribution in [1.29, 1.82) is 0 Å². The van der Waals surface area contributed by atoms with E-state index in [1.165, 1.54) is 12.5 Å². The normalized spacial score (nSPS) is 16.2. The van der Waals surface area contributed by atoms with E-state index in [9.17, 15) is 4.79 Å². The molecule has 0 atom stereocenters. The average molecular weight is 323 g/mol. The zero-order valence-electron chi connectivity index (χ0n) is 13.8. The van der Waals surface area contributed by atoms with Crippen LogP contribution in [-0.4, -0.2) is 37.5 Å². The predicted octanol–water partition coefficient (Wildman–Crippen LogP) is 2.93. The third-order valence-electron chi connectivity index (χ3n) is 3.77. The fraction of sp³-hybridized carbons (Fsp3) is 0.667. The maximum Gasteiger partial charge on any atom is 0.414 e. The minimum Gasteiger partial charge on any atom is -0.407 e. The van der Waals surface area contributed by atoms with Crippen molar-refractivity contribution < 1.29 is 14.3 Å². The molecular formula is C15H25N3O3Si. The van der Waals surface area contributed by atoms with Crippen LogP contribution in [0.2, 0.25) is 25.7 Å². The molecule has 1 aliphatic carbocycles. The lowest BCUT2D eigenvalue weighted by molar-refractivity contribution is 0.121. The van der Waals surface area contributed by atoms with E-state index in [0.29, 0.717) is 12.4 Å². The van der Waals surface area contributed by atoms with Crippen molar-refractivity contribution in [2.45, 2.75) is 50.9 Å². The molecule has 1 aromatic heterocycles. The van der Waals surface area contributed by atoms with Crippen molar-refractivity contribution >= 4 is 14.2 Å². The van der Waals surface area contributed by atoms with E-state index >= 15 is 0 Å². The molecule has 22 heavy (non-hydrogen) atoms. The van der Waals surface area contributed by atoms with Gasteiger partial charge in [-0.1, -0.05) is 26.6 Å². The summed E-state index contributed by atoms with van der Waals surface area (Å²) in [5.74, 6) is 0.432. The van der Waals surface area contributed by atoms with Crippen LogP contribution in [0.5, 0.6) is 5.75 Å². The summed E-state index contributed by atoms with van der Waals surface area (Å²) in [6.45, 7) is 9.78. The van der Waals surface area contributed by atoms with Crippen LogP contribution < -0.4 is 10.1 Å². The Hall–Kier alpha value is -1.47. The Balaban J connectivity index is 1.76. The van der Waals surface area contributed by atoms with Gasteiger partial charge >= 0.3 is 6.09 Å². The summed E-state index contributed by atoms with van der Waals surface area (Å²) in [4.78, 5) is 20.0. The van der Waals surface area contributed by atoms with Crippen molar-refractivity contribution in [3.05, 3.63) is 18.2 Å². The number of amides is 1. The van der Waals surface area contributed by atoms with Crippen LogP contribution in [0.3, 0.4) is 0 Å². The second-order valence-corrected chi connectivity index (χ2v) is 12.8. The summed E-state index contributed by atoms with van der Waals surface area (Å²) in [7, 11) is -1.10. The van der Waals surface area contributed by atoms with Gasteiger partial charge < -0.3 is 9.47 Å². The van der Waals surface area contributed by atoms with Gasteiger partial charge in [0.05, 0.1) is 11.9 Å². The van der Waals surface area contributed by atoms with Gasteiger partial charge in [-0.2, -0.15) is 0 Å². The molecule has 1 amide bonds. The molecule has 2 rings (SSSR count). The lowest BCUT2D eigenvalue weighted by Crippen LogP contribution is -2.31. The van der Waals surface area contributed by atoms with Crippen molar-refractivity contribution in [2.24, 2.45) is 0 Å². The first-order chi connectivity index (χ1) is 10.3. The van der Waals surface area contributed by atoms with Gasteiger partial charge in [-0.05, 0) is 18.9 Å². The van der Waals surface area contributed by atoms with E-state index in [-0.39, 0.29) is 12.1 Å². The SMILES string of the molecule is CC1(c2ncncc2OC(=O)NCOCC[Si](C)(C)C)CC1. The Morgan fingerprint density at radius 3 is 2.77 bits per heavy atom. The van der Waals surface area contributed by atoms with Gasteiger partial charge in [-0.25, -0.2) is 14.8 Å². The molecule has 1 aliphatic rings. The predicted molar refractivity (Wildman–Crippen MR) is 86.7 cm³/mol. The third kappa shape index (κ3) is 5.06. The molecule has 0 aromatic carbocycles. The molecule has 0 aliphatic heterocycles. The zero-order valence-corrected chi connectivity index (χ0v) is 14.8. The smallest absolute Gasteiger partial charge is 0.407 e. The standard InChI is InChI=1S/C15H25N3O3Si/c1-15(5-6-15)13-12(9-16-10-17-13)21-14(19)18-11-20-7-8-22(2,3)4/h9-10H,5-8,11H2,1-4H3,(H,18,19). The quantitative estimate of drug-likeness (QED) is 0.474. The maximum absolute atomic E-state index is 11.8. The number of hydrogen-bond acceptors (Lipinski definition) is 5. The highest BCUT2D eigenvalue weighted by atomic mass is 28.3. The van der Waals surface area contributed by atoms with E-state index in [4.69, 9.17) is 9.47 Å². The monoisotopic (exact) mass is 323 g/mol. The number of carbonyl (C=O) groups excluding carboxylic acids is 1. The van der Waals surface area contributed by atoms with Gasteiger partial charge in [0.1, 0.15) is 13.1 Å². The summed E-state index contributed by atoms with van der Waals surface area (Å²) < 4.78 is 10.7. The van der Waals surface area contributed by atoms with Crippen LogP contribution in [0.1, 0.15) is 25.5 Å². The molecular weight excluding hydrogens is 298 g/mol. The molecule has 0 saturated heterocycles. The molecule has 1 N–H and O–H groups in total. The first kappa shape index (κ1) is 16.9. The maximum atomic E-state index is 11.8. The minimum atomic E-state index is -1.10. The van der Waals surface area contributed by atoms with Crippen LogP contribution in [0.25, 0.3) is 0 Å². The Bertz CT molecular complexity index is 527. The van der Waals surface area contributed by atoms with Crippen LogP contribution in [-0.2, 0) is 10.2 Å². The van der Waals surface area contributed by atoms with E-state index < -0.39 is 14.2 Å². The molecule has 0 bridgehead atoms. The highest BCUT2D eigenvalue weighted by molar-refractivity contribution is 6.76.